The van der Waals surface area contributed by atoms with Crippen molar-refractivity contribution in [3.05, 3.63) is 41.6 Å². The fraction of sp³-hybridized carbons (Fsp3) is 0.476. The van der Waals surface area contributed by atoms with E-state index in [1.54, 1.807) is 6.92 Å². The summed E-state index contributed by atoms with van der Waals surface area (Å²) in [6.45, 7) is 3.70. The van der Waals surface area contributed by atoms with Crippen molar-refractivity contribution < 1.29 is 26.8 Å². The molecule has 0 unspecified atom stereocenters. The fourth-order valence-electron chi connectivity index (χ4n) is 5.16. The Labute approximate surface area is 191 Å². The van der Waals surface area contributed by atoms with Gasteiger partial charge in [0.2, 0.25) is 11.8 Å². The largest absolute Gasteiger partial charge is 0.423 e. The molecule has 2 amide bonds. The number of carbonyl (C=O) groups excluding carboxylic acids is 1. The van der Waals surface area contributed by atoms with Crippen LogP contribution in [-0.2, 0) is 18.8 Å². The van der Waals surface area contributed by atoms with Gasteiger partial charge in [0, 0.05) is 32.0 Å². The number of alkyl halides is 3. The molecule has 0 spiro atoms. The van der Waals surface area contributed by atoms with E-state index in [0.29, 0.717) is 36.6 Å². The van der Waals surface area contributed by atoms with Crippen LogP contribution in [-0.4, -0.2) is 41.9 Å². The molecular weight excluding hydrogens is 458 g/mol. The smallest absolute Gasteiger partial charge is 0.417 e. The molecule has 2 fully saturated rings. The molecule has 1 N–H and O–H groups in total. The summed E-state index contributed by atoms with van der Waals surface area (Å²) in [6.07, 6.45) is -1.68. The maximum atomic E-state index is 14.8. The average molecular weight is 479 g/mol. The standard InChI is InChI=1S/C21H21F4N7O2/c1-10-4-12-8-20(7-10,18-29-28-11(2)34-18)32(12)19(33)27-16-5-13(17-26-9-31(3)30-17)14(6-15(16)22)21(23,24)25/h5-6,9-10,12H,4,7-8H2,1-3H3,(H,27,33)/t10-,12-,20+/m0/s1. The second kappa shape index (κ2) is 7.50. The lowest BCUT2D eigenvalue weighted by Crippen LogP contribution is -2.70. The Kier molecular flexibility index (Phi) is 4.92. The fourth-order valence-corrected chi connectivity index (χ4v) is 5.16. The van der Waals surface area contributed by atoms with Crippen LogP contribution in [0.15, 0.2) is 22.9 Å². The van der Waals surface area contributed by atoms with Gasteiger partial charge in [0.05, 0.1) is 11.3 Å². The first-order chi connectivity index (χ1) is 16.0. The highest BCUT2D eigenvalue weighted by atomic mass is 19.4. The number of halogens is 4. The number of likely N-dealkylation sites (tertiary alicyclic amines) is 1. The normalized spacial score (nSPS) is 24.1. The third-order valence-electron chi connectivity index (χ3n) is 6.40. The van der Waals surface area contributed by atoms with E-state index in [1.807, 2.05) is 0 Å². The highest BCUT2D eigenvalue weighted by Crippen LogP contribution is 2.55. The van der Waals surface area contributed by atoms with Gasteiger partial charge in [-0.15, -0.1) is 10.2 Å². The molecule has 1 saturated carbocycles. The van der Waals surface area contributed by atoms with Crippen molar-refractivity contribution in [2.75, 3.05) is 5.32 Å². The quantitative estimate of drug-likeness (QED) is 0.563. The lowest BCUT2D eigenvalue weighted by atomic mass is 9.64. The summed E-state index contributed by atoms with van der Waals surface area (Å²) in [5.41, 5.74) is -2.91. The Morgan fingerprint density at radius 1 is 1.26 bits per heavy atom. The van der Waals surface area contributed by atoms with Crippen LogP contribution in [0.5, 0.6) is 0 Å². The van der Waals surface area contributed by atoms with Crippen molar-refractivity contribution in [1.82, 2.24) is 29.9 Å². The number of rotatable bonds is 3. The van der Waals surface area contributed by atoms with Crippen LogP contribution in [0, 0.1) is 18.7 Å². The summed E-state index contributed by atoms with van der Waals surface area (Å²) >= 11 is 0. The monoisotopic (exact) mass is 479 g/mol. The number of benzene rings is 1. The van der Waals surface area contributed by atoms with Crippen molar-refractivity contribution >= 4 is 11.7 Å². The third kappa shape index (κ3) is 3.49. The van der Waals surface area contributed by atoms with Gasteiger partial charge < -0.3 is 14.6 Å². The van der Waals surface area contributed by atoms with Gasteiger partial charge in [-0.3, -0.25) is 4.68 Å². The number of nitrogens with one attached hydrogen (secondary N) is 1. The SMILES string of the molecule is Cc1nnc([C@@]23C[C@@H](C)C[C@@H](C2)N3C(=O)Nc2cc(-c3ncn(C)n3)c(C(F)(F)F)cc2F)o1. The number of hydrogen-bond acceptors (Lipinski definition) is 6. The van der Waals surface area contributed by atoms with Crippen molar-refractivity contribution in [1.29, 1.82) is 0 Å². The minimum Gasteiger partial charge on any atom is -0.423 e. The number of carbonyl (C=O) groups is 1. The highest BCUT2D eigenvalue weighted by Gasteiger charge is 2.62. The first-order valence-electron chi connectivity index (χ1n) is 10.7. The molecule has 9 nitrogen and oxygen atoms in total. The van der Waals surface area contributed by atoms with Crippen LogP contribution < -0.4 is 5.32 Å². The average Bonchev–Trinajstić information content (AvgIpc) is 3.36. The molecule has 2 aromatic heterocycles. The van der Waals surface area contributed by atoms with E-state index in [9.17, 15) is 22.4 Å². The zero-order valence-electron chi connectivity index (χ0n) is 18.5. The summed E-state index contributed by atoms with van der Waals surface area (Å²) in [7, 11) is 1.50. The molecule has 1 aliphatic carbocycles. The maximum Gasteiger partial charge on any atom is 0.417 e. The van der Waals surface area contributed by atoms with Crippen molar-refractivity contribution in [2.45, 2.75) is 50.9 Å². The summed E-state index contributed by atoms with van der Waals surface area (Å²) in [6, 6.07) is 0.466. The second-order valence-electron chi connectivity index (χ2n) is 8.98. The molecule has 34 heavy (non-hydrogen) atoms. The molecular formula is C21H21F4N7O2. The van der Waals surface area contributed by atoms with E-state index in [-0.39, 0.29) is 11.9 Å². The Morgan fingerprint density at radius 3 is 2.65 bits per heavy atom. The first kappa shape index (κ1) is 22.3. The number of aryl methyl sites for hydroxylation is 2. The summed E-state index contributed by atoms with van der Waals surface area (Å²) in [4.78, 5) is 18.7. The zero-order valence-corrected chi connectivity index (χ0v) is 18.5. The number of hydrogen-bond donors (Lipinski definition) is 1. The van der Waals surface area contributed by atoms with E-state index >= 15 is 0 Å². The van der Waals surface area contributed by atoms with E-state index in [4.69, 9.17) is 4.42 Å². The highest BCUT2D eigenvalue weighted by molar-refractivity contribution is 5.92. The lowest BCUT2D eigenvalue weighted by molar-refractivity contribution is -0.137. The van der Waals surface area contributed by atoms with Crippen LogP contribution in [0.3, 0.4) is 0 Å². The van der Waals surface area contributed by atoms with Gasteiger partial charge in [-0.05, 0) is 30.9 Å². The van der Waals surface area contributed by atoms with Gasteiger partial charge in [-0.2, -0.15) is 18.3 Å². The van der Waals surface area contributed by atoms with E-state index < -0.39 is 40.4 Å². The summed E-state index contributed by atoms with van der Waals surface area (Å²) < 4.78 is 62.4. The molecule has 13 heteroatoms. The van der Waals surface area contributed by atoms with Crippen LogP contribution >= 0.6 is 0 Å². The number of fused-ring (bicyclic) bond motifs is 2. The summed E-state index contributed by atoms with van der Waals surface area (Å²) in [5.74, 6) is -0.513. The molecule has 2 bridgehead atoms. The number of amides is 2. The maximum absolute atomic E-state index is 14.8. The van der Waals surface area contributed by atoms with E-state index in [0.717, 1.165) is 12.5 Å². The van der Waals surface area contributed by atoms with Gasteiger partial charge in [0.15, 0.2) is 5.82 Å². The van der Waals surface area contributed by atoms with E-state index in [2.05, 4.69) is 32.5 Å². The molecule has 5 rings (SSSR count). The van der Waals surface area contributed by atoms with Crippen LogP contribution in [0.2, 0.25) is 0 Å². The Balaban J connectivity index is 1.50. The number of piperidine rings is 1. The molecule has 2 aliphatic rings. The van der Waals surface area contributed by atoms with Crippen LogP contribution in [0.1, 0.15) is 43.5 Å². The number of nitrogens with zero attached hydrogens (tertiary/aromatic N) is 6. The van der Waals surface area contributed by atoms with E-state index in [1.165, 1.54) is 23.0 Å². The second-order valence-corrected chi connectivity index (χ2v) is 8.98. The first-order valence-corrected chi connectivity index (χ1v) is 10.7. The molecule has 1 saturated heterocycles. The topological polar surface area (TPSA) is 102 Å². The van der Waals surface area contributed by atoms with Gasteiger partial charge >= 0.3 is 12.2 Å². The lowest BCUT2D eigenvalue weighted by Gasteiger charge is -2.61. The minimum absolute atomic E-state index is 0.134. The van der Waals surface area contributed by atoms with Gasteiger partial charge in [0.1, 0.15) is 17.7 Å². The molecule has 1 aromatic carbocycles. The van der Waals surface area contributed by atoms with Crippen molar-refractivity contribution in [2.24, 2.45) is 13.0 Å². The molecule has 180 valence electrons. The predicted octanol–water partition coefficient (Wildman–Crippen LogP) is 4.26. The molecule has 3 heterocycles. The predicted molar refractivity (Wildman–Crippen MR) is 110 cm³/mol. The molecule has 0 radical (unpaired) electrons. The van der Waals surface area contributed by atoms with Crippen molar-refractivity contribution in [3.8, 4) is 11.4 Å². The molecule has 1 aliphatic heterocycles. The number of urea groups is 1. The zero-order chi connectivity index (χ0) is 24.4. The third-order valence-corrected chi connectivity index (χ3v) is 6.40. The van der Waals surface area contributed by atoms with Crippen molar-refractivity contribution in [3.63, 3.8) is 0 Å². The van der Waals surface area contributed by atoms with Gasteiger partial charge in [-0.25, -0.2) is 14.2 Å². The Hall–Kier alpha value is -3.51. The van der Waals surface area contributed by atoms with Crippen LogP contribution in [0.4, 0.5) is 28.0 Å². The molecule has 3 atom stereocenters. The molecule has 3 aromatic rings. The minimum atomic E-state index is -4.84. The number of aromatic nitrogens is 5. The van der Waals surface area contributed by atoms with Crippen LogP contribution in [0.25, 0.3) is 11.4 Å². The van der Waals surface area contributed by atoms with Gasteiger partial charge in [0.25, 0.3) is 0 Å². The number of anilines is 1. The van der Waals surface area contributed by atoms with Gasteiger partial charge in [-0.1, -0.05) is 6.92 Å². The Bertz CT molecular complexity index is 1270. The Morgan fingerprint density at radius 2 is 2.03 bits per heavy atom. The summed E-state index contributed by atoms with van der Waals surface area (Å²) in [5, 5.41) is 14.3.